The molecule has 0 aromatic carbocycles. The molecule has 0 aromatic rings. The van der Waals surface area contributed by atoms with Gasteiger partial charge in [0, 0.05) is 38.3 Å². The summed E-state index contributed by atoms with van der Waals surface area (Å²) in [5.41, 5.74) is -0.534. The Morgan fingerprint density at radius 2 is 1.93 bits per heavy atom. The minimum absolute atomic E-state index is 0. The predicted octanol–water partition coefficient (Wildman–Crippen LogP) is 1.30. The van der Waals surface area contributed by atoms with Crippen LogP contribution >= 0.6 is 0 Å². The maximum Gasteiger partial charge on any atom is 0.334 e. The number of aliphatic hydroxyl groups is 1. The van der Waals surface area contributed by atoms with Crippen LogP contribution in [-0.4, -0.2) is 58.9 Å². The molecule has 5 fully saturated rings. The summed E-state index contributed by atoms with van der Waals surface area (Å²) in [5, 5.41) is 11.5. The van der Waals surface area contributed by atoms with Crippen molar-refractivity contribution >= 4 is 5.97 Å². The molecule has 7 heteroatoms. The molecule has 3 aliphatic carbocycles. The number of cyclic esters (lactones) is 1. The molecule has 1 N–H and O–H groups in total. The first-order chi connectivity index (χ1) is 12.7. The van der Waals surface area contributed by atoms with Gasteiger partial charge in [0.15, 0.2) is 0 Å². The number of hydrogen-bond acceptors (Lipinski definition) is 6. The average Bonchev–Trinajstić information content (AvgIpc) is 3.49. The number of carbonyl (C=O) groups excluding carboxylic acids is 1. The summed E-state index contributed by atoms with van der Waals surface area (Å²) in [6.07, 6.45) is 2.74. The van der Waals surface area contributed by atoms with Crippen molar-refractivity contribution in [3.05, 3.63) is 17.6 Å². The van der Waals surface area contributed by atoms with Crippen LogP contribution in [0, 0.1) is 23.2 Å². The van der Waals surface area contributed by atoms with Crippen LogP contribution < -0.4 is 0 Å². The first-order valence-corrected chi connectivity index (χ1v) is 10.2. The van der Waals surface area contributed by atoms with Gasteiger partial charge in [0.1, 0.15) is 41.7 Å². The normalized spacial score (nSPS) is 61.7. The Labute approximate surface area is 189 Å². The van der Waals surface area contributed by atoms with Crippen LogP contribution in [-0.2, 0) is 56.5 Å². The van der Waals surface area contributed by atoms with E-state index in [9.17, 15) is 9.90 Å². The molecule has 9 atom stereocenters. The van der Waals surface area contributed by atoms with Gasteiger partial charge in [-0.3, -0.25) is 6.42 Å². The van der Waals surface area contributed by atoms with Crippen LogP contribution in [0.25, 0.3) is 0 Å². The number of epoxide rings is 3. The molecule has 3 saturated heterocycles. The molecule has 6 nitrogen and oxygen atoms in total. The van der Waals surface area contributed by atoms with Crippen molar-refractivity contribution in [2.24, 2.45) is 16.7 Å². The number of ether oxygens (including phenoxy) is 4. The van der Waals surface area contributed by atoms with E-state index in [4.69, 9.17) is 18.9 Å². The van der Waals surface area contributed by atoms with Crippen molar-refractivity contribution in [3.63, 3.8) is 0 Å². The molecule has 7 rings (SSSR count). The van der Waals surface area contributed by atoms with Crippen LogP contribution in [0.3, 0.4) is 0 Å². The van der Waals surface area contributed by atoms with Crippen molar-refractivity contribution in [1.82, 2.24) is 0 Å². The Kier molecular flexibility index (Phi) is 3.24. The number of aliphatic hydroxyl groups excluding tert-OH is 1. The third-order valence-corrected chi connectivity index (χ3v) is 9.56. The summed E-state index contributed by atoms with van der Waals surface area (Å²) in [6.45, 7) is 9.02. The van der Waals surface area contributed by atoms with Gasteiger partial charge in [-0.2, -0.15) is 0 Å². The fourth-order valence-corrected chi connectivity index (χ4v) is 7.78. The van der Waals surface area contributed by atoms with Gasteiger partial charge < -0.3 is 24.1 Å². The van der Waals surface area contributed by atoms with Gasteiger partial charge >= 0.3 is 5.97 Å². The topological polar surface area (TPSA) is 84.1 Å². The molecule has 149 valence electrons. The summed E-state index contributed by atoms with van der Waals surface area (Å²) >= 11 is 0. The second-order valence-electron chi connectivity index (χ2n) is 10.3. The van der Waals surface area contributed by atoms with E-state index >= 15 is 0 Å². The number of carbonyl (C=O) groups is 1. The number of rotatable bonds is 1. The molecular formula is C21H25O6Y-. The number of esters is 1. The van der Waals surface area contributed by atoms with E-state index < -0.39 is 22.9 Å². The molecule has 0 unspecified atom stereocenters. The van der Waals surface area contributed by atoms with Crippen LogP contribution in [0.4, 0.5) is 0 Å². The summed E-state index contributed by atoms with van der Waals surface area (Å²) in [5.74, 6) is 0.0237. The van der Waals surface area contributed by atoms with Crippen LogP contribution in [0.2, 0.25) is 0 Å². The second-order valence-corrected chi connectivity index (χ2v) is 10.3. The first kappa shape index (κ1) is 18.9. The monoisotopic (exact) mass is 462 g/mol. The van der Waals surface area contributed by atoms with Crippen molar-refractivity contribution in [2.45, 2.75) is 81.8 Å². The molecule has 28 heavy (non-hydrogen) atoms. The van der Waals surface area contributed by atoms with E-state index in [-0.39, 0.29) is 73.7 Å². The zero-order valence-electron chi connectivity index (χ0n) is 16.7. The first-order valence-electron chi connectivity index (χ1n) is 10.2. The molecule has 1 radical (unpaired) electrons. The van der Waals surface area contributed by atoms with Crippen LogP contribution in [0.15, 0.2) is 11.1 Å². The van der Waals surface area contributed by atoms with E-state index in [0.717, 1.165) is 17.6 Å². The van der Waals surface area contributed by atoms with Gasteiger partial charge in [-0.05, 0) is 35.9 Å². The molecule has 0 aromatic heterocycles. The van der Waals surface area contributed by atoms with Crippen LogP contribution in [0.5, 0.6) is 0 Å². The van der Waals surface area contributed by atoms with E-state index in [1.54, 1.807) is 0 Å². The molecule has 4 heterocycles. The minimum Gasteiger partial charge on any atom is -0.458 e. The Balaban J connectivity index is 0.00000156. The fourth-order valence-electron chi connectivity index (χ4n) is 7.78. The smallest absolute Gasteiger partial charge is 0.334 e. The van der Waals surface area contributed by atoms with E-state index in [1.165, 1.54) is 0 Å². The van der Waals surface area contributed by atoms with E-state index in [2.05, 4.69) is 34.1 Å². The van der Waals surface area contributed by atoms with E-state index in [0.29, 0.717) is 13.0 Å². The Morgan fingerprint density at radius 1 is 1.18 bits per heavy atom. The maximum absolute atomic E-state index is 12.2. The molecule has 4 aliphatic heterocycles. The molecule has 0 amide bonds. The zero-order chi connectivity index (χ0) is 18.8. The minimum atomic E-state index is -0.718. The van der Waals surface area contributed by atoms with Crippen molar-refractivity contribution in [2.75, 3.05) is 6.61 Å². The standard InChI is InChI=1S/C21H25O6.Y/c1-9(2)19-13(26-19)14-21(27-14)18(4)6-5-10-11(8-24-15(10)22)17(18,3)7-12-20(21,25-12)16(19)23;/h7,9,12-14,16,23H,5-6,8H2,1-4H3;/q-1;/t12-,13-,14-,16-,17-,18-,19-,20+,21+;/m0./s1. The quantitative estimate of drug-likeness (QED) is 0.360. The number of hydrogen-bond donors (Lipinski definition) is 1. The van der Waals surface area contributed by atoms with Gasteiger partial charge in [-0.1, -0.05) is 27.7 Å². The average molecular weight is 462 g/mol. The van der Waals surface area contributed by atoms with Gasteiger partial charge in [-0.25, -0.2) is 4.79 Å². The number of fused-ring (bicyclic) bond motifs is 4. The molecule has 7 aliphatic rings. The van der Waals surface area contributed by atoms with Crippen molar-refractivity contribution in [1.29, 1.82) is 0 Å². The molecule has 2 saturated carbocycles. The molecule has 2 spiro atoms. The SMILES string of the molecule is CC(C)[C@]12O[C@H]1[C@@H]1O[C@]13[C@]1(O[C@H]1[CH-][C@@]1(C)C4=C(CC[C@]31C)C(=O)OC4)[C@H]2O.[Y]. The largest absolute Gasteiger partial charge is 0.458 e. The summed E-state index contributed by atoms with van der Waals surface area (Å²) in [6, 6.07) is 0. The van der Waals surface area contributed by atoms with Crippen molar-refractivity contribution < 1.29 is 61.6 Å². The second kappa shape index (κ2) is 4.81. The van der Waals surface area contributed by atoms with E-state index in [1.807, 2.05) is 0 Å². The third-order valence-electron chi connectivity index (χ3n) is 9.56. The van der Waals surface area contributed by atoms with Gasteiger partial charge in [-0.15, -0.1) is 5.41 Å². The Bertz CT molecular complexity index is 871. The molecule has 0 bridgehead atoms. The van der Waals surface area contributed by atoms with Crippen molar-refractivity contribution in [3.8, 4) is 0 Å². The fraction of sp³-hybridized carbons (Fsp3) is 0.810. The summed E-state index contributed by atoms with van der Waals surface area (Å²) < 4.78 is 24.5. The zero-order valence-corrected chi connectivity index (χ0v) is 19.5. The Hall–Kier alpha value is 0.154. The third kappa shape index (κ3) is 1.47. The van der Waals surface area contributed by atoms with Gasteiger partial charge in [0.05, 0.1) is 0 Å². The Morgan fingerprint density at radius 3 is 2.64 bits per heavy atom. The maximum atomic E-state index is 12.2. The van der Waals surface area contributed by atoms with Gasteiger partial charge in [0.2, 0.25) is 0 Å². The van der Waals surface area contributed by atoms with Crippen LogP contribution in [0.1, 0.15) is 40.5 Å². The summed E-state index contributed by atoms with van der Waals surface area (Å²) in [4.78, 5) is 12.2. The summed E-state index contributed by atoms with van der Waals surface area (Å²) in [7, 11) is 0. The predicted molar refractivity (Wildman–Crippen MR) is 91.4 cm³/mol. The van der Waals surface area contributed by atoms with Gasteiger partial charge in [0.25, 0.3) is 0 Å². The molecular weight excluding hydrogens is 437 g/mol.